The fraction of sp³-hybridized carbons (Fsp3) is 0.625. The van der Waals surface area contributed by atoms with Crippen LogP contribution in [0, 0.1) is 5.41 Å². The first-order valence-electron chi connectivity index (χ1n) is 7.71. The number of carbonyl (C=O) groups excluding carboxylic acids is 2. The monoisotopic (exact) mass is 324 g/mol. The highest BCUT2D eigenvalue weighted by atomic mass is 32.1. The zero-order valence-corrected chi connectivity index (χ0v) is 14.8. The van der Waals surface area contributed by atoms with E-state index in [0.717, 1.165) is 25.1 Å². The smallest absolute Gasteiger partial charge is 0.252 e. The molecule has 0 aromatic carbocycles. The minimum atomic E-state index is -0.505. The summed E-state index contributed by atoms with van der Waals surface area (Å²) in [5, 5.41) is 3.52. The van der Waals surface area contributed by atoms with Gasteiger partial charge in [0.25, 0.3) is 5.91 Å². The summed E-state index contributed by atoms with van der Waals surface area (Å²) in [5.41, 5.74) is 6.61. The zero-order chi connectivity index (χ0) is 16.7. The molecule has 1 aliphatic heterocycles. The highest BCUT2D eigenvalue weighted by Crippen LogP contribution is 2.35. The minimum Gasteiger partial charge on any atom is -0.365 e. The second-order valence-electron chi connectivity index (χ2n) is 7.27. The fourth-order valence-corrected chi connectivity index (χ4v) is 3.93. The molecule has 0 fully saturated rings. The van der Waals surface area contributed by atoms with E-state index in [4.69, 9.17) is 5.73 Å². The van der Waals surface area contributed by atoms with Crippen molar-refractivity contribution in [2.75, 3.05) is 11.9 Å². The van der Waals surface area contributed by atoms with Gasteiger partial charge < -0.3 is 16.0 Å². The number of hydrogen-bond donors (Lipinski definition) is 3. The van der Waals surface area contributed by atoms with Crippen LogP contribution in [0.25, 0.3) is 0 Å². The Labute approximate surface area is 135 Å². The van der Waals surface area contributed by atoms with Gasteiger partial charge in [-0.05, 0) is 19.4 Å². The Hall–Kier alpha value is -1.40. The van der Waals surface area contributed by atoms with E-state index in [9.17, 15) is 9.59 Å². The van der Waals surface area contributed by atoms with Crippen LogP contribution in [-0.4, -0.2) is 24.4 Å². The van der Waals surface area contributed by atoms with Crippen molar-refractivity contribution in [3.63, 3.8) is 0 Å². The van der Waals surface area contributed by atoms with Gasteiger partial charge in [-0.2, -0.15) is 0 Å². The van der Waals surface area contributed by atoms with E-state index in [1.54, 1.807) is 0 Å². The molecule has 2 amide bonds. The lowest BCUT2D eigenvalue weighted by molar-refractivity contribution is -0.936. The fourth-order valence-electron chi connectivity index (χ4n) is 2.63. The van der Waals surface area contributed by atoms with Gasteiger partial charge in [0.05, 0.1) is 23.0 Å². The Morgan fingerprint density at radius 1 is 1.32 bits per heavy atom. The minimum absolute atomic E-state index is 0.0957. The summed E-state index contributed by atoms with van der Waals surface area (Å²) >= 11 is 1.50. The second kappa shape index (κ2) is 6.01. The lowest BCUT2D eigenvalue weighted by Gasteiger charge is -2.27. The predicted octanol–water partition coefficient (Wildman–Crippen LogP) is 1.18. The molecular formula is C16H26N3O2S+. The summed E-state index contributed by atoms with van der Waals surface area (Å²) < 4.78 is 0. The van der Waals surface area contributed by atoms with Crippen LogP contribution in [-0.2, 0) is 17.8 Å². The van der Waals surface area contributed by atoms with E-state index in [-0.39, 0.29) is 5.91 Å². The number of hydrogen-bond acceptors (Lipinski definition) is 3. The molecule has 22 heavy (non-hydrogen) atoms. The standard InChI is InChI=1S/C16H25N3O2S/c1-9(2)19-7-6-10-11(8-19)22-14(12(10)13(17)20)18-15(21)16(3,4)5/h9H,6-8H2,1-5H3,(H2,17,20)(H,18,21)/p+1. The van der Waals surface area contributed by atoms with E-state index in [0.29, 0.717) is 16.6 Å². The Morgan fingerprint density at radius 2 is 1.95 bits per heavy atom. The third-order valence-electron chi connectivity index (χ3n) is 4.15. The number of nitrogens with two attached hydrogens (primary N) is 1. The van der Waals surface area contributed by atoms with Gasteiger partial charge in [0.1, 0.15) is 11.5 Å². The zero-order valence-electron chi connectivity index (χ0n) is 14.0. The Morgan fingerprint density at radius 3 is 2.45 bits per heavy atom. The molecule has 1 aliphatic rings. The van der Waals surface area contributed by atoms with E-state index in [2.05, 4.69) is 19.2 Å². The van der Waals surface area contributed by atoms with E-state index in [1.165, 1.54) is 21.1 Å². The van der Waals surface area contributed by atoms with E-state index < -0.39 is 11.3 Å². The average molecular weight is 324 g/mol. The third kappa shape index (κ3) is 3.33. The molecule has 0 radical (unpaired) electrons. The molecule has 122 valence electrons. The quantitative estimate of drug-likeness (QED) is 0.781. The van der Waals surface area contributed by atoms with Gasteiger partial charge >= 0.3 is 0 Å². The summed E-state index contributed by atoms with van der Waals surface area (Å²) in [6.45, 7) is 11.8. The molecule has 1 atom stereocenters. The molecule has 1 aromatic rings. The predicted molar refractivity (Wildman–Crippen MR) is 89.3 cm³/mol. The summed E-state index contributed by atoms with van der Waals surface area (Å²) in [6.07, 6.45) is 0.836. The largest absolute Gasteiger partial charge is 0.365 e. The first-order chi connectivity index (χ1) is 10.1. The van der Waals surface area contributed by atoms with Crippen molar-refractivity contribution in [1.82, 2.24) is 0 Å². The van der Waals surface area contributed by atoms with Crippen LogP contribution in [0.2, 0.25) is 0 Å². The summed E-state index contributed by atoms with van der Waals surface area (Å²) in [6, 6.07) is 0.542. The van der Waals surface area contributed by atoms with Crippen molar-refractivity contribution in [3.05, 3.63) is 16.0 Å². The summed E-state index contributed by atoms with van der Waals surface area (Å²) in [7, 11) is 0. The second-order valence-corrected chi connectivity index (χ2v) is 8.37. The van der Waals surface area contributed by atoms with Gasteiger partial charge in [-0.15, -0.1) is 11.3 Å². The number of rotatable bonds is 3. The number of amides is 2. The highest BCUT2D eigenvalue weighted by Gasteiger charge is 2.32. The van der Waals surface area contributed by atoms with Crippen LogP contribution in [0.4, 0.5) is 5.00 Å². The number of thiophene rings is 1. The van der Waals surface area contributed by atoms with Gasteiger partial charge in [-0.1, -0.05) is 20.8 Å². The van der Waals surface area contributed by atoms with Gasteiger partial charge in [0.2, 0.25) is 5.91 Å². The molecule has 0 saturated heterocycles. The highest BCUT2D eigenvalue weighted by molar-refractivity contribution is 7.17. The van der Waals surface area contributed by atoms with Crippen molar-refractivity contribution < 1.29 is 14.5 Å². The van der Waals surface area contributed by atoms with Crippen LogP contribution in [0.15, 0.2) is 0 Å². The molecule has 1 aromatic heterocycles. The molecular weight excluding hydrogens is 298 g/mol. The molecule has 1 unspecified atom stereocenters. The molecule has 5 nitrogen and oxygen atoms in total. The van der Waals surface area contributed by atoms with E-state index in [1.807, 2.05) is 20.8 Å². The van der Waals surface area contributed by atoms with Crippen LogP contribution >= 0.6 is 11.3 Å². The van der Waals surface area contributed by atoms with E-state index >= 15 is 0 Å². The Bertz CT molecular complexity index is 599. The first-order valence-corrected chi connectivity index (χ1v) is 8.53. The number of carbonyl (C=O) groups is 2. The molecule has 0 aliphatic carbocycles. The lowest BCUT2D eigenvalue weighted by Crippen LogP contribution is -3.14. The SMILES string of the molecule is CC(C)[NH+]1CCc2c(sc(NC(=O)C(C)(C)C)c2C(N)=O)C1. The first kappa shape index (κ1) is 17.0. The Balaban J connectivity index is 2.36. The topological polar surface area (TPSA) is 76.6 Å². The van der Waals surface area contributed by atoms with Gasteiger partial charge in [0, 0.05) is 11.8 Å². The van der Waals surface area contributed by atoms with Crippen molar-refractivity contribution in [3.8, 4) is 0 Å². The third-order valence-corrected chi connectivity index (χ3v) is 5.29. The maximum atomic E-state index is 12.2. The normalized spacial score (nSPS) is 18.2. The van der Waals surface area contributed by atoms with Gasteiger partial charge in [-0.25, -0.2) is 0 Å². The molecule has 0 saturated carbocycles. The number of quaternary nitrogens is 1. The van der Waals surface area contributed by atoms with Crippen LogP contribution in [0.3, 0.4) is 0 Å². The molecule has 6 heteroatoms. The average Bonchev–Trinajstić information content (AvgIpc) is 2.74. The molecule has 2 heterocycles. The summed E-state index contributed by atoms with van der Waals surface area (Å²) in [5.74, 6) is -0.545. The molecule has 4 N–H and O–H groups in total. The number of nitrogens with one attached hydrogen (secondary N) is 2. The molecule has 0 spiro atoms. The van der Waals surface area contributed by atoms with Crippen LogP contribution in [0.5, 0.6) is 0 Å². The van der Waals surface area contributed by atoms with Crippen LogP contribution in [0.1, 0.15) is 55.4 Å². The van der Waals surface area contributed by atoms with Crippen molar-refractivity contribution in [2.24, 2.45) is 11.1 Å². The van der Waals surface area contributed by atoms with Gasteiger partial charge in [-0.3, -0.25) is 9.59 Å². The lowest BCUT2D eigenvalue weighted by atomic mass is 9.95. The maximum Gasteiger partial charge on any atom is 0.252 e. The summed E-state index contributed by atoms with van der Waals surface area (Å²) in [4.78, 5) is 26.8. The Kier molecular flexibility index (Phi) is 4.63. The molecule has 0 bridgehead atoms. The van der Waals surface area contributed by atoms with Crippen molar-refractivity contribution in [1.29, 1.82) is 0 Å². The molecule has 2 rings (SSSR count). The van der Waals surface area contributed by atoms with Crippen molar-refractivity contribution >= 4 is 28.2 Å². The van der Waals surface area contributed by atoms with Crippen LogP contribution < -0.4 is 16.0 Å². The van der Waals surface area contributed by atoms with Gasteiger partial charge in [0.15, 0.2) is 0 Å². The maximum absolute atomic E-state index is 12.2. The van der Waals surface area contributed by atoms with Crippen molar-refractivity contribution in [2.45, 2.75) is 53.6 Å². The number of primary amides is 1. The number of fused-ring (bicyclic) bond motifs is 1. The number of anilines is 1.